The zero-order valence-corrected chi connectivity index (χ0v) is 11.2. The molecular weight excluding hydrogens is 350 g/mol. The van der Waals surface area contributed by atoms with E-state index in [1.807, 2.05) is 0 Å². The molecule has 0 unspecified atom stereocenters. The summed E-state index contributed by atoms with van der Waals surface area (Å²) >= 11 is 2.69. The fourth-order valence-electron chi connectivity index (χ4n) is 1.02. The molecule has 4 nitrogen and oxygen atoms in total. The highest BCUT2D eigenvalue weighted by Crippen LogP contribution is 2.37. The molecule has 96 valence electrons. The lowest BCUT2D eigenvalue weighted by Crippen LogP contribution is -2.18. The number of nitrogens with zero attached hydrogens (tertiary/aromatic N) is 1. The minimum atomic E-state index is -4.95. The van der Waals surface area contributed by atoms with Crippen molar-refractivity contribution in [2.24, 2.45) is 0 Å². The van der Waals surface area contributed by atoms with E-state index >= 15 is 0 Å². The second-order valence-electron chi connectivity index (χ2n) is 2.84. The predicted octanol–water partition coefficient (Wildman–Crippen LogP) is 2.98. The molecule has 1 heterocycles. The summed E-state index contributed by atoms with van der Waals surface area (Å²) in [5.74, 6) is -0.776. The zero-order chi connectivity index (χ0) is 13.4. The Morgan fingerprint density at radius 1 is 1.47 bits per heavy atom. The first kappa shape index (κ1) is 14.5. The molecule has 10 heteroatoms. The van der Waals surface area contributed by atoms with Crippen LogP contribution in [-0.4, -0.2) is 19.8 Å². The van der Waals surface area contributed by atoms with Gasteiger partial charge in [0, 0.05) is 10.7 Å². The lowest BCUT2D eigenvalue weighted by molar-refractivity contribution is -0.275. The van der Waals surface area contributed by atoms with Crippen LogP contribution in [0.25, 0.3) is 0 Å². The standard InChI is InChI=1S/C7H4BrClF3NO3S/c1-3-6(17(9,14)15)5(8)4(2-13-3)16-7(10,11)12/h2H,1H3. The SMILES string of the molecule is Cc1ncc(OC(F)(F)F)c(Br)c1S(=O)(=O)Cl. The smallest absolute Gasteiger partial charge is 0.403 e. The molecule has 0 atom stereocenters. The summed E-state index contributed by atoms with van der Waals surface area (Å²) in [6.07, 6.45) is -4.20. The molecule has 0 aromatic carbocycles. The van der Waals surface area contributed by atoms with Gasteiger partial charge in [0.05, 0.1) is 16.4 Å². The zero-order valence-electron chi connectivity index (χ0n) is 8.05. The summed E-state index contributed by atoms with van der Waals surface area (Å²) < 4.78 is 61.5. The molecule has 0 saturated heterocycles. The number of halogens is 5. The van der Waals surface area contributed by atoms with Crippen molar-refractivity contribution in [3.8, 4) is 5.75 Å². The fraction of sp³-hybridized carbons (Fsp3) is 0.286. The van der Waals surface area contributed by atoms with E-state index in [1.54, 1.807) is 0 Å². The van der Waals surface area contributed by atoms with Gasteiger partial charge in [-0.05, 0) is 22.9 Å². The van der Waals surface area contributed by atoms with Gasteiger partial charge in [0.2, 0.25) is 0 Å². The number of hydrogen-bond donors (Lipinski definition) is 0. The molecule has 0 aliphatic carbocycles. The van der Waals surface area contributed by atoms with Crippen molar-refractivity contribution in [3.63, 3.8) is 0 Å². The molecule has 0 spiro atoms. The lowest BCUT2D eigenvalue weighted by Gasteiger charge is -2.12. The average Bonchev–Trinajstić information content (AvgIpc) is 2.06. The first-order valence-corrected chi connectivity index (χ1v) is 6.98. The Morgan fingerprint density at radius 2 is 2.00 bits per heavy atom. The number of hydrogen-bond acceptors (Lipinski definition) is 4. The van der Waals surface area contributed by atoms with Gasteiger partial charge in [-0.2, -0.15) is 0 Å². The van der Waals surface area contributed by atoms with Gasteiger partial charge in [-0.3, -0.25) is 4.98 Å². The first-order valence-electron chi connectivity index (χ1n) is 3.88. The molecule has 0 radical (unpaired) electrons. The second-order valence-corrected chi connectivity index (χ2v) is 6.13. The van der Waals surface area contributed by atoms with E-state index < -0.39 is 30.5 Å². The van der Waals surface area contributed by atoms with Crippen molar-refractivity contribution in [3.05, 3.63) is 16.4 Å². The third-order valence-corrected chi connectivity index (χ3v) is 4.09. The lowest BCUT2D eigenvalue weighted by atomic mass is 10.4. The summed E-state index contributed by atoms with van der Waals surface area (Å²) in [6, 6.07) is 0. The number of rotatable bonds is 2. The quantitative estimate of drug-likeness (QED) is 0.766. The van der Waals surface area contributed by atoms with Crippen molar-refractivity contribution in [2.75, 3.05) is 0 Å². The summed E-state index contributed by atoms with van der Waals surface area (Å²) in [5, 5.41) is 0. The van der Waals surface area contributed by atoms with Crippen LogP contribution in [0.1, 0.15) is 5.69 Å². The molecule has 1 rings (SSSR count). The molecule has 17 heavy (non-hydrogen) atoms. The van der Waals surface area contributed by atoms with Gasteiger partial charge in [-0.25, -0.2) is 8.42 Å². The second kappa shape index (κ2) is 4.62. The third-order valence-electron chi connectivity index (χ3n) is 1.59. The van der Waals surface area contributed by atoms with Gasteiger partial charge in [-0.1, -0.05) is 0 Å². The molecule has 1 aromatic rings. The van der Waals surface area contributed by atoms with Crippen LogP contribution in [-0.2, 0) is 9.05 Å². The summed E-state index contributed by atoms with van der Waals surface area (Å²) in [4.78, 5) is 2.92. The van der Waals surface area contributed by atoms with Gasteiger partial charge in [-0.15, -0.1) is 13.2 Å². The Morgan fingerprint density at radius 3 is 2.41 bits per heavy atom. The maximum absolute atomic E-state index is 12.0. The minimum absolute atomic E-state index is 0.0404. The molecule has 0 bridgehead atoms. The van der Waals surface area contributed by atoms with E-state index in [0.717, 1.165) is 6.20 Å². The number of aryl methyl sites for hydroxylation is 1. The number of ether oxygens (including phenoxy) is 1. The summed E-state index contributed by atoms with van der Waals surface area (Å²) in [6.45, 7) is 1.29. The van der Waals surface area contributed by atoms with Gasteiger partial charge < -0.3 is 4.74 Å². The molecule has 0 fully saturated rings. The van der Waals surface area contributed by atoms with Crippen LogP contribution < -0.4 is 4.74 Å². The maximum atomic E-state index is 12.0. The molecule has 1 aromatic heterocycles. The van der Waals surface area contributed by atoms with E-state index in [2.05, 4.69) is 25.7 Å². The highest BCUT2D eigenvalue weighted by atomic mass is 79.9. The van der Waals surface area contributed by atoms with Crippen LogP contribution in [0.2, 0.25) is 0 Å². The molecule has 0 saturated carbocycles. The van der Waals surface area contributed by atoms with Crippen LogP contribution in [0.3, 0.4) is 0 Å². The van der Waals surface area contributed by atoms with E-state index in [9.17, 15) is 21.6 Å². The normalized spacial score (nSPS) is 12.6. The third kappa shape index (κ3) is 3.71. The predicted molar refractivity (Wildman–Crippen MR) is 56.4 cm³/mol. The minimum Gasteiger partial charge on any atom is -0.403 e. The molecular formula is C7H4BrClF3NO3S. The van der Waals surface area contributed by atoms with E-state index in [-0.39, 0.29) is 5.69 Å². The van der Waals surface area contributed by atoms with Crippen LogP contribution in [0.15, 0.2) is 15.6 Å². The van der Waals surface area contributed by atoms with Crippen molar-refractivity contribution in [1.82, 2.24) is 4.98 Å². The van der Waals surface area contributed by atoms with Crippen LogP contribution >= 0.6 is 26.6 Å². The van der Waals surface area contributed by atoms with Crippen molar-refractivity contribution < 1.29 is 26.3 Å². The Kier molecular flexibility index (Phi) is 3.94. The molecule has 0 amide bonds. The fourth-order valence-corrected chi connectivity index (χ4v) is 3.70. The topological polar surface area (TPSA) is 56.3 Å². The first-order chi connectivity index (χ1) is 7.52. The summed E-state index contributed by atoms with van der Waals surface area (Å²) in [5.41, 5.74) is -0.0404. The number of alkyl halides is 3. The highest BCUT2D eigenvalue weighted by Gasteiger charge is 2.34. The van der Waals surface area contributed by atoms with E-state index in [1.165, 1.54) is 6.92 Å². The Hall–Kier alpha value is -0.540. The van der Waals surface area contributed by atoms with Gasteiger partial charge in [0.25, 0.3) is 9.05 Å². The number of aromatic nitrogens is 1. The highest BCUT2D eigenvalue weighted by molar-refractivity contribution is 9.10. The maximum Gasteiger partial charge on any atom is 0.573 e. The van der Waals surface area contributed by atoms with Crippen molar-refractivity contribution in [2.45, 2.75) is 18.2 Å². The molecule has 0 aliphatic rings. The molecule has 0 aliphatic heterocycles. The Bertz CT molecular complexity index is 546. The van der Waals surface area contributed by atoms with Crippen LogP contribution in [0.5, 0.6) is 5.75 Å². The summed E-state index contributed by atoms with van der Waals surface area (Å²) in [7, 11) is 0.851. The van der Waals surface area contributed by atoms with Gasteiger partial charge in [0.15, 0.2) is 5.75 Å². The van der Waals surface area contributed by atoms with Gasteiger partial charge in [0.1, 0.15) is 4.90 Å². The van der Waals surface area contributed by atoms with E-state index in [4.69, 9.17) is 10.7 Å². The molecule has 0 N–H and O–H groups in total. The largest absolute Gasteiger partial charge is 0.573 e. The Labute approximate surface area is 107 Å². The van der Waals surface area contributed by atoms with Gasteiger partial charge >= 0.3 is 6.36 Å². The Balaban J connectivity index is 3.40. The van der Waals surface area contributed by atoms with Crippen molar-refractivity contribution >= 4 is 35.7 Å². The number of pyridine rings is 1. The van der Waals surface area contributed by atoms with Crippen LogP contribution in [0.4, 0.5) is 13.2 Å². The van der Waals surface area contributed by atoms with E-state index in [0.29, 0.717) is 0 Å². The average molecular weight is 355 g/mol. The monoisotopic (exact) mass is 353 g/mol. The van der Waals surface area contributed by atoms with Crippen LogP contribution in [0, 0.1) is 6.92 Å². The van der Waals surface area contributed by atoms with Crippen molar-refractivity contribution in [1.29, 1.82) is 0 Å².